The Labute approximate surface area is 122 Å². The molecule has 3 heterocycles. The highest BCUT2D eigenvalue weighted by molar-refractivity contribution is 5.39. The largest absolute Gasteiger partial charge is 0.405 e. The third-order valence-corrected chi connectivity index (χ3v) is 3.28. The molecule has 1 saturated heterocycles. The molecule has 0 amide bonds. The molecular weight excluding hydrogens is 272 g/mol. The quantitative estimate of drug-likeness (QED) is 0.622. The Balaban J connectivity index is 1.90. The van der Waals surface area contributed by atoms with Gasteiger partial charge in [-0.25, -0.2) is 10.5 Å². The fraction of sp³-hybridized carbons (Fsp3) is 0.500. The molecule has 9 nitrogen and oxygen atoms in total. The summed E-state index contributed by atoms with van der Waals surface area (Å²) in [6.07, 6.45) is 2.27. The number of nitrogen functional groups attached to an aromatic ring is 1. The molecule has 112 valence electrons. The second kappa shape index (κ2) is 5.52. The van der Waals surface area contributed by atoms with Gasteiger partial charge in [-0.15, -0.1) is 0 Å². The van der Waals surface area contributed by atoms with E-state index in [1.54, 1.807) is 11.7 Å². The van der Waals surface area contributed by atoms with Crippen LogP contribution in [0.3, 0.4) is 0 Å². The Morgan fingerprint density at radius 1 is 1.24 bits per heavy atom. The number of hydrogen-bond donors (Lipinski definition) is 2. The van der Waals surface area contributed by atoms with E-state index in [1.165, 1.54) is 0 Å². The minimum absolute atomic E-state index is 0.197. The van der Waals surface area contributed by atoms with E-state index in [0.717, 1.165) is 31.6 Å². The maximum Gasteiger partial charge on any atom is 0.330 e. The van der Waals surface area contributed by atoms with Crippen molar-refractivity contribution in [2.24, 2.45) is 12.9 Å². The molecule has 0 spiro atoms. The van der Waals surface area contributed by atoms with Crippen molar-refractivity contribution in [3.05, 3.63) is 11.8 Å². The molecule has 0 radical (unpaired) electrons. The topological polar surface area (TPSA) is 107 Å². The third-order valence-electron chi connectivity index (χ3n) is 3.28. The Bertz CT molecular complexity index is 634. The maximum atomic E-state index is 5.69. The van der Waals surface area contributed by atoms with Crippen molar-refractivity contribution in [2.45, 2.75) is 19.8 Å². The maximum absolute atomic E-state index is 5.69. The fourth-order valence-electron chi connectivity index (χ4n) is 2.29. The first-order valence-corrected chi connectivity index (χ1v) is 6.82. The molecule has 0 aliphatic carbocycles. The van der Waals surface area contributed by atoms with Gasteiger partial charge in [0.25, 0.3) is 0 Å². The van der Waals surface area contributed by atoms with E-state index in [0.29, 0.717) is 11.8 Å². The van der Waals surface area contributed by atoms with E-state index in [1.807, 2.05) is 13.0 Å². The highest BCUT2D eigenvalue weighted by atomic mass is 16.5. The molecule has 21 heavy (non-hydrogen) atoms. The van der Waals surface area contributed by atoms with Crippen LogP contribution in [-0.2, 0) is 7.05 Å². The monoisotopic (exact) mass is 290 g/mol. The molecule has 9 heteroatoms. The Morgan fingerprint density at radius 3 is 2.62 bits per heavy atom. The van der Waals surface area contributed by atoms with Crippen LogP contribution in [-0.4, -0.2) is 37.8 Å². The molecule has 1 fully saturated rings. The van der Waals surface area contributed by atoms with Crippen molar-refractivity contribution in [1.29, 1.82) is 0 Å². The van der Waals surface area contributed by atoms with Gasteiger partial charge in [0.1, 0.15) is 0 Å². The molecule has 0 aromatic carbocycles. The van der Waals surface area contributed by atoms with Gasteiger partial charge < -0.3 is 9.64 Å². The molecule has 0 unspecified atom stereocenters. The molecule has 0 saturated carbocycles. The van der Waals surface area contributed by atoms with Gasteiger partial charge in [0.15, 0.2) is 0 Å². The molecule has 1 aliphatic rings. The van der Waals surface area contributed by atoms with Crippen molar-refractivity contribution in [3.63, 3.8) is 0 Å². The molecule has 2 aromatic rings. The van der Waals surface area contributed by atoms with E-state index >= 15 is 0 Å². The minimum Gasteiger partial charge on any atom is -0.405 e. The first-order chi connectivity index (χ1) is 10.2. The van der Waals surface area contributed by atoms with Gasteiger partial charge in [-0.05, 0) is 19.8 Å². The van der Waals surface area contributed by atoms with Gasteiger partial charge >= 0.3 is 6.01 Å². The van der Waals surface area contributed by atoms with E-state index in [4.69, 9.17) is 10.6 Å². The number of nitrogens with two attached hydrogens (primary N) is 1. The van der Waals surface area contributed by atoms with Crippen LogP contribution in [0.1, 0.15) is 18.5 Å². The van der Waals surface area contributed by atoms with Gasteiger partial charge in [-0.1, -0.05) is 0 Å². The predicted molar refractivity (Wildman–Crippen MR) is 77.1 cm³/mol. The molecule has 3 N–H and O–H groups in total. The van der Waals surface area contributed by atoms with Crippen molar-refractivity contribution in [2.75, 3.05) is 23.4 Å². The first-order valence-electron chi connectivity index (χ1n) is 6.82. The second-order valence-electron chi connectivity index (χ2n) is 4.93. The highest BCUT2D eigenvalue weighted by Gasteiger charge is 2.18. The van der Waals surface area contributed by atoms with Crippen LogP contribution in [0.15, 0.2) is 6.07 Å². The summed E-state index contributed by atoms with van der Waals surface area (Å²) in [4.78, 5) is 14.8. The normalized spacial score (nSPS) is 14.5. The van der Waals surface area contributed by atoms with E-state index in [2.05, 4.69) is 30.4 Å². The Kier molecular flexibility index (Phi) is 3.57. The molecule has 0 atom stereocenters. The van der Waals surface area contributed by atoms with Gasteiger partial charge in [0.2, 0.25) is 17.8 Å². The number of nitrogens with zero attached hydrogens (tertiary/aromatic N) is 6. The number of nitrogens with one attached hydrogen (secondary N) is 1. The number of aromatic nitrogens is 5. The number of anilines is 2. The lowest BCUT2D eigenvalue weighted by Gasteiger charge is -2.16. The van der Waals surface area contributed by atoms with Crippen LogP contribution >= 0.6 is 0 Å². The summed E-state index contributed by atoms with van der Waals surface area (Å²) >= 11 is 0. The standard InChI is InChI=1S/C12H18N8O/c1-8-7-9(19(2)18-8)21-12-15-10(17-13)14-11(16-12)20-5-3-4-6-20/h7H,3-6,13H2,1-2H3,(H,14,15,16,17). The van der Waals surface area contributed by atoms with Gasteiger partial charge in [0.05, 0.1) is 5.69 Å². The minimum atomic E-state index is 0.197. The molecular formula is C12H18N8O. The number of hydrogen-bond acceptors (Lipinski definition) is 8. The average molecular weight is 290 g/mol. The SMILES string of the molecule is Cc1cc(Oc2nc(NN)nc(N3CCCC3)n2)n(C)n1. The van der Waals surface area contributed by atoms with E-state index < -0.39 is 0 Å². The average Bonchev–Trinajstić information content (AvgIpc) is 3.09. The first kappa shape index (κ1) is 13.6. The lowest BCUT2D eigenvalue weighted by atomic mass is 10.4. The molecule has 3 rings (SSSR count). The Morgan fingerprint density at radius 2 is 2.00 bits per heavy atom. The van der Waals surface area contributed by atoms with Gasteiger partial charge in [0, 0.05) is 26.2 Å². The van der Waals surface area contributed by atoms with E-state index in [-0.39, 0.29) is 12.0 Å². The number of aryl methyl sites for hydroxylation is 2. The summed E-state index contributed by atoms with van der Waals surface area (Å²) in [5.41, 5.74) is 3.31. The van der Waals surface area contributed by atoms with Gasteiger partial charge in [-0.2, -0.15) is 20.1 Å². The van der Waals surface area contributed by atoms with Crippen LogP contribution in [0.4, 0.5) is 11.9 Å². The van der Waals surface area contributed by atoms with Crippen LogP contribution in [0.2, 0.25) is 0 Å². The Hall–Kier alpha value is -2.42. The van der Waals surface area contributed by atoms with Crippen LogP contribution < -0.4 is 20.9 Å². The lowest BCUT2D eigenvalue weighted by molar-refractivity contribution is 0.398. The van der Waals surface area contributed by atoms with Crippen molar-refractivity contribution in [3.8, 4) is 11.9 Å². The number of hydrazine groups is 1. The lowest BCUT2D eigenvalue weighted by Crippen LogP contribution is -2.22. The summed E-state index contributed by atoms with van der Waals surface area (Å²) in [7, 11) is 1.80. The van der Waals surface area contributed by atoms with Crippen molar-refractivity contribution >= 4 is 11.9 Å². The smallest absolute Gasteiger partial charge is 0.330 e. The zero-order valence-electron chi connectivity index (χ0n) is 12.1. The van der Waals surface area contributed by atoms with Crippen LogP contribution in [0.5, 0.6) is 11.9 Å². The second-order valence-corrected chi connectivity index (χ2v) is 4.93. The van der Waals surface area contributed by atoms with Crippen molar-refractivity contribution in [1.82, 2.24) is 24.7 Å². The number of rotatable bonds is 4. The summed E-state index contributed by atoms with van der Waals surface area (Å²) in [5, 5.41) is 4.22. The predicted octanol–water partition coefficient (Wildman–Crippen LogP) is 0.592. The number of ether oxygens (including phenoxy) is 1. The molecule has 1 aliphatic heterocycles. The highest BCUT2D eigenvalue weighted by Crippen LogP contribution is 2.23. The zero-order valence-corrected chi connectivity index (χ0v) is 12.1. The summed E-state index contributed by atoms with van der Waals surface area (Å²) in [5.74, 6) is 6.84. The molecule has 2 aromatic heterocycles. The van der Waals surface area contributed by atoms with Gasteiger partial charge in [-0.3, -0.25) is 5.43 Å². The zero-order chi connectivity index (χ0) is 14.8. The summed E-state index contributed by atoms with van der Waals surface area (Å²) in [6, 6.07) is 2.01. The summed E-state index contributed by atoms with van der Waals surface area (Å²) in [6.45, 7) is 3.75. The third kappa shape index (κ3) is 2.87. The van der Waals surface area contributed by atoms with Crippen molar-refractivity contribution < 1.29 is 4.74 Å². The van der Waals surface area contributed by atoms with E-state index in [9.17, 15) is 0 Å². The molecule has 0 bridgehead atoms. The van der Waals surface area contributed by atoms with Crippen LogP contribution in [0.25, 0.3) is 0 Å². The van der Waals surface area contributed by atoms with Crippen LogP contribution in [0, 0.1) is 6.92 Å². The summed E-state index contributed by atoms with van der Waals surface area (Å²) < 4.78 is 7.32. The fourth-order valence-corrected chi connectivity index (χ4v) is 2.29.